The highest BCUT2D eigenvalue weighted by molar-refractivity contribution is 5.94. The number of carboxylic acid groups (broad SMARTS) is 2. The lowest BCUT2D eigenvalue weighted by molar-refractivity contribution is -0.142. The number of amides is 1. The van der Waals surface area contributed by atoms with Gasteiger partial charge in [0.2, 0.25) is 5.91 Å². The molecule has 1 amide bonds. The molecule has 8 nitrogen and oxygen atoms in total. The fraction of sp³-hybridized carbons (Fsp3) is 0.733. The molecule has 2 atom stereocenters. The lowest BCUT2D eigenvalue weighted by Crippen LogP contribution is -2.52. The number of carbonyl (C=O) groups excluding carboxylic acids is 2. The molecular formula is C15H28N2O6. The Balaban J connectivity index is 0. The third-order valence-corrected chi connectivity index (χ3v) is 2.66. The Morgan fingerprint density at radius 1 is 0.913 bits per heavy atom. The summed E-state index contributed by atoms with van der Waals surface area (Å²) < 4.78 is 0. The standard InChI is InChI=1S/C13H22N2O6.C2H6/c1-4-10(16)8(5-11(17)18)15-13(21)9(6-12(19)20)14-7(2)3;1-2/h7-9,14H,4-6H2,1-3H3,(H,15,21)(H,17,18)(H,19,20);1-2H3. The molecule has 0 radical (unpaired) electrons. The van der Waals surface area contributed by atoms with E-state index in [1.54, 1.807) is 20.8 Å². The number of carboxylic acids is 2. The first kappa shape index (κ1) is 23.3. The second-order valence-corrected chi connectivity index (χ2v) is 4.95. The Kier molecular flexibility index (Phi) is 12.7. The molecule has 0 saturated carbocycles. The van der Waals surface area contributed by atoms with Crippen LogP contribution in [0.4, 0.5) is 0 Å². The van der Waals surface area contributed by atoms with Gasteiger partial charge in [0, 0.05) is 12.5 Å². The molecule has 0 spiro atoms. The Bertz CT molecular complexity index is 409. The number of hydrogen-bond donors (Lipinski definition) is 4. The Morgan fingerprint density at radius 2 is 1.35 bits per heavy atom. The molecule has 0 aromatic heterocycles. The van der Waals surface area contributed by atoms with E-state index in [-0.39, 0.29) is 12.5 Å². The molecule has 0 aliphatic rings. The van der Waals surface area contributed by atoms with E-state index in [4.69, 9.17) is 10.2 Å². The van der Waals surface area contributed by atoms with Gasteiger partial charge < -0.3 is 20.8 Å². The minimum absolute atomic E-state index is 0.0828. The molecule has 0 aromatic carbocycles. The molecule has 0 bridgehead atoms. The molecule has 0 saturated heterocycles. The molecule has 0 heterocycles. The second kappa shape index (κ2) is 12.6. The van der Waals surface area contributed by atoms with Crippen LogP contribution in [0, 0.1) is 0 Å². The topological polar surface area (TPSA) is 133 Å². The van der Waals surface area contributed by atoms with E-state index in [1.807, 2.05) is 13.8 Å². The van der Waals surface area contributed by atoms with Gasteiger partial charge in [0.1, 0.15) is 0 Å². The molecule has 0 aliphatic heterocycles. The predicted molar refractivity (Wildman–Crippen MR) is 85.1 cm³/mol. The maximum atomic E-state index is 12.0. The van der Waals surface area contributed by atoms with Crippen molar-refractivity contribution in [3.63, 3.8) is 0 Å². The molecule has 134 valence electrons. The van der Waals surface area contributed by atoms with Gasteiger partial charge in [-0.1, -0.05) is 34.6 Å². The molecule has 0 aliphatic carbocycles. The van der Waals surface area contributed by atoms with E-state index in [0.29, 0.717) is 0 Å². The van der Waals surface area contributed by atoms with E-state index in [0.717, 1.165) is 0 Å². The number of aliphatic carboxylic acids is 2. The summed E-state index contributed by atoms with van der Waals surface area (Å²) in [5.74, 6) is -3.49. The SMILES string of the molecule is CC.CCC(=O)C(CC(=O)O)NC(=O)C(CC(=O)O)NC(C)C. The summed E-state index contributed by atoms with van der Waals surface area (Å²) in [4.78, 5) is 45.2. The zero-order chi connectivity index (χ0) is 18.6. The smallest absolute Gasteiger partial charge is 0.305 e. The quantitative estimate of drug-likeness (QED) is 0.465. The van der Waals surface area contributed by atoms with Gasteiger partial charge in [0.15, 0.2) is 5.78 Å². The highest BCUT2D eigenvalue weighted by atomic mass is 16.4. The van der Waals surface area contributed by atoms with E-state index in [2.05, 4.69) is 10.6 Å². The van der Waals surface area contributed by atoms with Gasteiger partial charge in [-0.15, -0.1) is 0 Å². The minimum atomic E-state index is -1.21. The number of rotatable bonds is 10. The lowest BCUT2D eigenvalue weighted by Gasteiger charge is -2.22. The van der Waals surface area contributed by atoms with Crippen LogP contribution < -0.4 is 10.6 Å². The maximum absolute atomic E-state index is 12.0. The van der Waals surface area contributed by atoms with Gasteiger partial charge in [-0.25, -0.2) is 0 Å². The summed E-state index contributed by atoms with van der Waals surface area (Å²) in [6.45, 7) is 9.05. The van der Waals surface area contributed by atoms with Crippen LogP contribution in [0.5, 0.6) is 0 Å². The van der Waals surface area contributed by atoms with Crippen molar-refractivity contribution in [2.75, 3.05) is 0 Å². The zero-order valence-electron chi connectivity index (χ0n) is 14.4. The number of nitrogens with one attached hydrogen (secondary N) is 2. The molecule has 0 rings (SSSR count). The Hall–Kier alpha value is -1.96. The fourth-order valence-electron chi connectivity index (χ4n) is 1.74. The summed E-state index contributed by atoms with van der Waals surface area (Å²) in [7, 11) is 0. The minimum Gasteiger partial charge on any atom is -0.481 e. The van der Waals surface area contributed by atoms with Gasteiger partial charge in [0.25, 0.3) is 0 Å². The Morgan fingerprint density at radius 3 is 1.70 bits per heavy atom. The summed E-state index contributed by atoms with van der Waals surface area (Å²) in [6.07, 6.45) is -0.899. The summed E-state index contributed by atoms with van der Waals surface area (Å²) in [5.41, 5.74) is 0. The first-order valence-corrected chi connectivity index (χ1v) is 7.70. The Labute approximate surface area is 136 Å². The molecule has 4 N–H and O–H groups in total. The molecule has 8 heteroatoms. The third kappa shape index (κ3) is 11.3. The number of carbonyl (C=O) groups is 4. The van der Waals surface area contributed by atoms with Crippen LogP contribution in [0.3, 0.4) is 0 Å². The highest BCUT2D eigenvalue weighted by Crippen LogP contribution is 2.02. The summed E-state index contributed by atoms with van der Waals surface area (Å²) >= 11 is 0. The predicted octanol–water partition coefficient (Wildman–Crippen LogP) is 0.793. The van der Waals surface area contributed by atoms with E-state index < -0.39 is 48.6 Å². The summed E-state index contributed by atoms with van der Waals surface area (Å²) in [5, 5.41) is 22.6. The first-order chi connectivity index (χ1) is 10.7. The largest absolute Gasteiger partial charge is 0.481 e. The van der Waals surface area contributed by atoms with E-state index in [9.17, 15) is 19.2 Å². The average molecular weight is 332 g/mol. The van der Waals surface area contributed by atoms with Crippen LogP contribution >= 0.6 is 0 Å². The average Bonchev–Trinajstić information content (AvgIpc) is 2.45. The van der Waals surface area contributed by atoms with Gasteiger partial charge in [-0.05, 0) is 0 Å². The van der Waals surface area contributed by atoms with Crippen LogP contribution in [0.2, 0.25) is 0 Å². The van der Waals surface area contributed by atoms with Crippen molar-refractivity contribution in [3.8, 4) is 0 Å². The van der Waals surface area contributed by atoms with Crippen molar-refractivity contribution in [2.45, 2.75) is 72.0 Å². The van der Waals surface area contributed by atoms with E-state index >= 15 is 0 Å². The van der Waals surface area contributed by atoms with Crippen molar-refractivity contribution < 1.29 is 29.4 Å². The van der Waals surface area contributed by atoms with Crippen molar-refractivity contribution in [2.24, 2.45) is 0 Å². The molecule has 0 aromatic rings. The highest BCUT2D eigenvalue weighted by Gasteiger charge is 2.28. The van der Waals surface area contributed by atoms with Gasteiger partial charge in [0.05, 0.1) is 24.9 Å². The van der Waals surface area contributed by atoms with Crippen LogP contribution in [-0.4, -0.2) is 52.0 Å². The van der Waals surface area contributed by atoms with Crippen molar-refractivity contribution in [1.29, 1.82) is 0 Å². The van der Waals surface area contributed by atoms with Gasteiger partial charge >= 0.3 is 11.9 Å². The molecule has 23 heavy (non-hydrogen) atoms. The maximum Gasteiger partial charge on any atom is 0.305 e. The van der Waals surface area contributed by atoms with E-state index in [1.165, 1.54) is 0 Å². The lowest BCUT2D eigenvalue weighted by atomic mass is 10.1. The fourth-order valence-corrected chi connectivity index (χ4v) is 1.74. The van der Waals surface area contributed by atoms with Crippen LogP contribution in [-0.2, 0) is 19.2 Å². The normalized spacial score (nSPS) is 12.6. The van der Waals surface area contributed by atoms with Crippen molar-refractivity contribution >= 4 is 23.6 Å². The van der Waals surface area contributed by atoms with Gasteiger partial charge in [-0.3, -0.25) is 19.2 Å². The molecule has 0 fully saturated rings. The van der Waals surface area contributed by atoms with Crippen LogP contribution in [0.1, 0.15) is 53.9 Å². The van der Waals surface area contributed by atoms with Crippen LogP contribution in [0.25, 0.3) is 0 Å². The summed E-state index contributed by atoms with van der Waals surface area (Å²) in [6, 6.07) is -2.31. The number of Topliss-reactive ketones (excluding diaryl/α,β-unsaturated/α-hetero) is 1. The third-order valence-electron chi connectivity index (χ3n) is 2.66. The van der Waals surface area contributed by atoms with Crippen LogP contribution in [0.15, 0.2) is 0 Å². The first-order valence-electron chi connectivity index (χ1n) is 7.70. The monoisotopic (exact) mass is 332 g/mol. The van der Waals surface area contributed by atoms with Crippen molar-refractivity contribution in [3.05, 3.63) is 0 Å². The number of ketones is 1. The van der Waals surface area contributed by atoms with Crippen molar-refractivity contribution in [1.82, 2.24) is 10.6 Å². The number of hydrogen-bond acceptors (Lipinski definition) is 5. The zero-order valence-corrected chi connectivity index (χ0v) is 14.4. The second-order valence-electron chi connectivity index (χ2n) is 4.95. The molecular weight excluding hydrogens is 304 g/mol. The molecule has 2 unspecified atom stereocenters. The van der Waals surface area contributed by atoms with Gasteiger partial charge in [-0.2, -0.15) is 0 Å².